The van der Waals surface area contributed by atoms with E-state index in [1.165, 1.54) is 6.07 Å². The van der Waals surface area contributed by atoms with Gasteiger partial charge in [0.15, 0.2) is 11.6 Å². The minimum absolute atomic E-state index is 0.0194. The highest BCUT2D eigenvalue weighted by Gasteiger charge is 2.70. The maximum atomic E-state index is 13.5. The van der Waals surface area contributed by atoms with E-state index in [4.69, 9.17) is 14.6 Å². The number of amides is 1. The van der Waals surface area contributed by atoms with E-state index in [1.54, 1.807) is 6.92 Å². The molecule has 1 unspecified atom stereocenters. The summed E-state index contributed by atoms with van der Waals surface area (Å²) in [7, 11) is 0. The second-order valence-corrected chi connectivity index (χ2v) is 6.48. The number of nitrogens with one attached hydrogen (secondary N) is 1. The van der Waals surface area contributed by atoms with E-state index in [1.807, 2.05) is 0 Å². The lowest BCUT2D eigenvalue weighted by Gasteiger charge is -2.40. The molecule has 0 radical (unpaired) electrons. The Hall–Kier alpha value is -2.22. The predicted molar refractivity (Wildman–Crippen MR) is 77.4 cm³/mol. The fourth-order valence-corrected chi connectivity index (χ4v) is 3.16. The average Bonchev–Trinajstić information content (AvgIpc) is 3.03. The van der Waals surface area contributed by atoms with Crippen LogP contribution in [0.5, 0.6) is 5.75 Å². The van der Waals surface area contributed by atoms with Crippen LogP contribution in [0.25, 0.3) is 0 Å². The Morgan fingerprint density at radius 2 is 2.12 bits per heavy atom. The van der Waals surface area contributed by atoms with E-state index >= 15 is 0 Å². The largest absolute Gasteiger partial charge is 0.488 e. The molecule has 3 fully saturated rings. The van der Waals surface area contributed by atoms with Crippen LogP contribution in [0.4, 0.5) is 8.78 Å². The molecule has 24 heavy (non-hydrogen) atoms. The topological polar surface area (TPSA) is 84.9 Å². The van der Waals surface area contributed by atoms with Crippen molar-refractivity contribution < 1.29 is 33.0 Å². The number of carbonyl (C=O) groups excluding carboxylic acids is 1. The van der Waals surface area contributed by atoms with Crippen molar-refractivity contribution in [3.63, 3.8) is 0 Å². The fourth-order valence-electron chi connectivity index (χ4n) is 3.16. The molecule has 6 nitrogen and oxygen atoms in total. The van der Waals surface area contributed by atoms with Crippen molar-refractivity contribution in [3.8, 4) is 5.75 Å². The summed E-state index contributed by atoms with van der Waals surface area (Å²) >= 11 is 0. The summed E-state index contributed by atoms with van der Waals surface area (Å²) in [6.07, 6.45) is 0.308. The molecule has 3 aliphatic rings. The molecule has 1 aromatic rings. The lowest BCUT2D eigenvalue weighted by Crippen LogP contribution is -2.58. The number of hydrogen-bond donors (Lipinski definition) is 2. The normalized spacial score (nSPS) is 28.8. The number of carbonyl (C=O) groups is 2. The van der Waals surface area contributed by atoms with Crippen LogP contribution in [0, 0.1) is 17.0 Å². The first-order chi connectivity index (χ1) is 11.3. The van der Waals surface area contributed by atoms with Crippen molar-refractivity contribution in [1.82, 2.24) is 5.32 Å². The van der Waals surface area contributed by atoms with Crippen LogP contribution in [0.3, 0.4) is 0 Å². The van der Waals surface area contributed by atoms with Crippen molar-refractivity contribution in [2.24, 2.45) is 5.41 Å². The highest BCUT2D eigenvalue weighted by Crippen LogP contribution is 2.58. The summed E-state index contributed by atoms with van der Waals surface area (Å²) in [6.45, 7) is 1.67. The van der Waals surface area contributed by atoms with Gasteiger partial charge >= 0.3 is 5.97 Å². The highest BCUT2D eigenvalue weighted by atomic mass is 19.1. The zero-order valence-electron chi connectivity index (χ0n) is 13.0. The van der Waals surface area contributed by atoms with Gasteiger partial charge in [-0.15, -0.1) is 0 Å². The van der Waals surface area contributed by atoms with E-state index in [2.05, 4.69) is 5.32 Å². The van der Waals surface area contributed by atoms with Gasteiger partial charge in [0.1, 0.15) is 18.0 Å². The van der Waals surface area contributed by atoms with Crippen LogP contribution < -0.4 is 10.1 Å². The van der Waals surface area contributed by atoms with Gasteiger partial charge in [0.05, 0.1) is 18.1 Å². The summed E-state index contributed by atoms with van der Waals surface area (Å²) in [6, 6.07) is 2.50. The summed E-state index contributed by atoms with van der Waals surface area (Å²) < 4.78 is 36.9. The van der Waals surface area contributed by atoms with Gasteiger partial charge in [0, 0.05) is 18.9 Å². The number of rotatable bonds is 6. The van der Waals surface area contributed by atoms with Gasteiger partial charge in [-0.2, -0.15) is 0 Å². The molecule has 2 saturated heterocycles. The molecule has 0 spiro atoms. The lowest BCUT2D eigenvalue weighted by molar-refractivity contribution is -0.159. The van der Waals surface area contributed by atoms with Crippen molar-refractivity contribution in [2.75, 3.05) is 13.2 Å². The van der Waals surface area contributed by atoms with E-state index in [0.29, 0.717) is 6.07 Å². The number of hydrogen-bond acceptors (Lipinski definition) is 4. The Bertz CT molecular complexity index is 687. The van der Waals surface area contributed by atoms with Crippen LogP contribution in [0.15, 0.2) is 18.2 Å². The molecule has 1 amide bonds. The number of ether oxygens (including phenoxy) is 2. The van der Waals surface area contributed by atoms with Gasteiger partial charge in [-0.05, 0) is 19.1 Å². The molecule has 2 aliphatic heterocycles. The predicted octanol–water partition coefficient (Wildman–Crippen LogP) is 1.48. The molecule has 1 aliphatic carbocycles. The zero-order chi connectivity index (χ0) is 17.5. The summed E-state index contributed by atoms with van der Waals surface area (Å²) in [5.41, 5.74) is -2.04. The molecule has 8 heteroatoms. The van der Waals surface area contributed by atoms with Crippen LogP contribution in [-0.4, -0.2) is 41.8 Å². The minimum atomic E-state index is -1.09. The number of fused-ring (bicyclic) bond motifs is 1. The molecule has 130 valence electrons. The third-order valence-electron chi connectivity index (χ3n) is 4.50. The van der Waals surface area contributed by atoms with Gasteiger partial charge in [-0.25, -0.2) is 8.78 Å². The number of carboxylic acid groups (broad SMARTS) is 1. The molecule has 2 heterocycles. The van der Waals surface area contributed by atoms with Crippen LogP contribution in [0.1, 0.15) is 19.8 Å². The van der Waals surface area contributed by atoms with Crippen LogP contribution >= 0.6 is 0 Å². The number of carboxylic acids is 1. The van der Waals surface area contributed by atoms with E-state index < -0.39 is 40.6 Å². The van der Waals surface area contributed by atoms with Gasteiger partial charge in [0.2, 0.25) is 0 Å². The summed E-state index contributed by atoms with van der Waals surface area (Å²) in [5.74, 6) is -2.98. The maximum absolute atomic E-state index is 13.5. The summed E-state index contributed by atoms with van der Waals surface area (Å²) in [5, 5.41) is 11.8. The van der Waals surface area contributed by atoms with Crippen molar-refractivity contribution in [2.45, 2.75) is 31.4 Å². The van der Waals surface area contributed by atoms with Gasteiger partial charge in [0.25, 0.3) is 5.91 Å². The van der Waals surface area contributed by atoms with E-state index in [9.17, 15) is 18.4 Å². The molecule has 1 aromatic carbocycles. The van der Waals surface area contributed by atoms with Gasteiger partial charge in [-0.1, -0.05) is 0 Å². The first-order valence-corrected chi connectivity index (χ1v) is 7.53. The Labute approximate surface area is 136 Å². The Balaban J connectivity index is 1.52. The number of aliphatic carboxylic acids is 1. The highest BCUT2D eigenvalue weighted by molar-refractivity contribution is 5.92. The molecule has 0 aromatic heterocycles. The Morgan fingerprint density at radius 1 is 1.42 bits per heavy atom. The zero-order valence-corrected chi connectivity index (χ0v) is 13.0. The van der Waals surface area contributed by atoms with Crippen molar-refractivity contribution >= 4 is 11.9 Å². The number of benzene rings is 1. The standard InChI is InChI=1S/C16H17F2NO5/c1-9(5-23-12-3-2-10(17)4-11(12)18)19-13(20)16-6-15(7-16,8-24-16)14(21)22/h2-4,9H,5-8H2,1H3,(H,19,20)(H,21,22). The van der Waals surface area contributed by atoms with E-state index in [0.717, 1.165) is 6.07 Å². The fraction of sp³-hybridized carbons (Fsp3) is 0.500. The molecule has 1 atom stereocenters. The van der Waals surface area contributed by atoms with Gasteiger partial charge in [-0.3, -0.25) is 9.59 Å². The third kappa shape index (κ3) is 2.71. The molecule has 4 rings (SSSR count). The first kappa shape index (κ1) is 16.6. The quantitative estimate of drug-likeness (QED) is 0.819. The minimum Gasteiger partial charge on any atom is -0.488 e. The maximum Gasteiger partial charge on any atom is 0.312 e. The lowest BCUT2D eigenvalue weighted by atomic mass is 9.62. The van der Waals surface area contributed by atoms with Crippen LogP contribution in [-0.2, 0) is 14.3 Å². The number of halogens is 2. The molecule has 1 saturated carbocycles. The Kier molecular flexibility index (Phi) is 3.95. The first-order valence-electron chi connectivity index (χ1n) is 7.53. The average molecular weight is 341 g/mol. The van der Waals surface area contributed by atoms with Crippen LogP contribution in [0.2, 0.25) is 0 Å². The van der Waals surface area contributed by atoms with E-state index in [-0.39, 0.29) is 31.8 Å². The third-order valence-corrected chi connectivity index (χ3v) is 4.50. The van der Waals surface area contributed by atoms with Gasteiger partial charge < -0.3 is 19.9 Å². The van der Waals surface area contributed by atoms with Crippen molar-refractivity contribution in [3.05, 3.63) is 29.8 Å². The monoisotopic (exact) mass is 341 g/mol. The second kappa shape index (κ2) is 5.70. The molecule has 2 bridgehead atoms. The molecular weight excluding hydrogens is 324 g/mol. The van der Waals surface area contributed by atoms with Crippen molar-refractivity contribution in [1.29, 1.82) is 0 Å². The second-order valence-electron chi connectivity index (χ2n) is 6.48. The molecular formula is C16H17F2NO5. The SMILES string of the molecule is CC(COc1ccc(F)cc1F)NC(=O)C12CC(C(=O)O)(CO1)C2. The summed E-state index contributed by atoms with van der Waals surface area (Å²) in [4.78, 5) is 23.5. The Morgan fingerprint density at radius 3 is 2.71 bits per heavy atom. The molecule has 2 N–H and O–H groups in total. The smallest absolute Gasteiger partial charge is 0.312 e.